The SMILES string of the molecule is CC(C)[C@H](NC(=O)N1CCn2c1nc1ccccc12)C(=O)NCC(=O)O. The number of carboxylic acid groups (broad SMARTS) is 1. The Labute approximate surface area is 150 Å². The average molecular weight is 359 g/mol. The molecule has 2 heterocycles. The minimum Gasteiger partial charge on any atom is -0.480 e. The van der Waals surface area contributed by atoms with Gasteiger partial charge in [0.1, 0.15) is 12.6 Å². The molecule has 26 heavy (non-hydrogen) atoms. The number of aliphatic carboxylic acids is 1. The zero-order valence-electron chi connectivity index (χ0n) is 14.6. The van der Waals surface area contributed by atoms with Crippen molar-refractivity contribution >= 4 is 34.9 Å². The highest BCUT2D eigenvalue weighted by Crippen LogP contribution is 2.27. The first-order valence-electron chi connectivity index (χ1n) is 8.41. The Bertz CT molecular complexity index is 860. The van der Waals surface area contributed by atoms with Crippen molar-refractivity contribution in [1.82, 2.24) is 20.2 Å². The molecule has 0 radical (unpaired) electrons. The zero-order valence-corrected chi connectivity index (χ0v) is 14.6. The van der Waals surface area contributed by atoms with Gasteiger partial charge in [-0.2, -0.15) is 0 Å². The number of nitrogens with one attached hydrogen (secondary N) is 2. The molecule has 3 amide bonds. The van der Waals surface area contributed by atoms with Crippen molar-refractivity contribution in [2.24, 2.45) is 5.92 Å². The first kappa shape index (κ1) is 17.7. The Morgan fingerprint density at radius 1 is 1.23 bits per heavy atom. The van der Waals surface area contributed by atoms with E-state index in [9.17, 15) is 14.4 Å². The second-order valence-corrected chi connectivity index (χ2v) is 6.49. The summed E-state index contributed by atoms with van der Waals surface area (Å²) in [6, 6.07) is 6.37. The fraction of sp³-hybridized carbons (Fsp3) is 0.412. The minimum absolute atomic E-state index is 0.200. The smallest absolute Gasteiger partial charge is 0.324 e. The van der Waals surface area contributed by atoms with E-state index in [0.717, 1.165) is 11.0 Å². The molecule has 3 N–H and O–H groups in total. The quantitative estimate of drug-likeness (QED) is 0.730. The van der Waals surface area contributed by atoms with Gasteiger partial charge in [-0.1, -0.05) is 26.0 Å². The van der Waals surface area contributed by atoms with Crippen LogP contribution in [0, 0.1) is 5.92 Å². The average Bonchev–Trinajstić information content (AvgIpc) is 3.16. The summed E-state index contributed by atoms with van der Waals surface area (Å²) in [4.78, 5) is 41.5. The number of carboxylic acids is 1. The number of carbonyl (C=O) groups is 3. The summed E-state index contributed by atoms with van der Waals surface area (Å²) in [5.41, 5.74) is 1.76. The number of urea groups is 1. The van der Waals surface area contributed by atoms with Crippen molar-refractivity contribution in [3.05, 3.63) is 24.3 Å². The van der Waals surface area contributed by atoms with Gasteiger partial charge in [0.15, 0.2) is 0 Å². The lowest BCUT2D eigenvalue weighted by atomic mass is 10.0. The summed E-state index contributed by atoms with van der Waals surface area (Å²) >= 11 is 0. The molecule has 0 bridgehead atoms. The maximum atomic E-state index is 12.7. The molecule has 0 aliphatic carbocycles. The molecule has 1 aliphatic heterocycles. The van der Waals surface area contributed by atoms with Gasteiger partial charge in [-0.3, -0.25) is 14.5 Å². The number of imidazole rings is 1. The second-order valence-electron chi connectivity index (χ2n) is 6.49. The Morgan fingerprint density at radius 2 is 1.96 bits per heavy atom. The number of para-hydroxylation sites is 2. The van der Waals surface area contributed by atoms with E-state index in [1.54, 1.807) is 13.8 Å². The standard InChI is InChI=1S/C17H21N5O4/c1-10(2)14(15(25)18-9-13(23)24)20-17(26)22-8-7-21-12-6-4-3-5-11(12)19-16(21)22/h3-6,10,14H,7-9H2,1-2H3,(H,18,25)(H,20,26)(H,23,24)/t14-/m0/s1. The number of benzene rings is 1. The number of nitrogens with zero attached hydrogens (tertiary/aromatic N) is 3. The number of amides is 3. The molecule has 0 fully saturated rings. The van der Waals surface area contributed by atoms with Crippen molar-refractivity contribution < 1.29 is 19.5 Å². The van der Waals surface area contributed by atoms with Crippen LogP contribution in [0.25, 0.3) is 11.0 Å². The van der Waals surface area contributed by atoms with Gasteiger partial charge in [-0.25, -0.2) is 9.78 Å². The summed E-state index contributed by atoms with van der Waals surface area (Å²) in [6.45, 7) is 4.16. The van der Waals surface area contributed by atoms with Crippen LogP contribution in [-0.2, 0) is 16.1 Å². The van der Waals surface area contributed by atoms with Crippen molar-refractivity contribution in [2.45, 2.75) is 26.4 Å². The highest BCUT2D eigenvalue weighted by Gasteiger charge is 2.32. The zero-order chi connectivity index (χ0) is 18.8. The van der Waals surface area contributed by atoms with Crippen LogP contribution in [0.1, 0.15) is 13.8 Å². The van der Waals surface area contributed by atoms with Crippen LogP contribution in [0.4, 0.5) is 10.7 Å². The molecule has 1 aromatic heterocycles. The third-order valence-corrected chi connectivity index (χ3v) is 4.31. The summed E-state index contributed by atoms with van der Waals surface area (Å²) in [5.74, 6) is -1.32. The van der Waals surface area contributed by atoms with E-state index < -0.39 is 30.5 Å². The van der Waals surface area contributed by atoms with E-state index >= 15 is 0 Å². The van der Waals surface area contributed by atoms with E-state index in [1.165, 1.54) is 4.90 Å². The number of anilines is 1. The van der Waals surface area contributed by atoms with Gasteiger partial charge in [-0.15, -0.1) is 0 Å². The Hall–Kier alpha value is -3.10. The van der Waals surface area contributed by atoms with Gasteiger partial charge in [-0.05, 0) is 18.1 Å². The van der Waals surface area contributed by atoms with E-state index in [1.807, 2.05) is 28.8 Å². The molecule has 0 saturated carbocycles. The number of fused-ring (bicyclic) bond motifs is 3. The fourth-order valence-electron chi connectivity index (χ4n) is 3.00. The Kier molecular flexibility index (Phi) is 4.79. The van der Waals surface area contributed by atoms with E-state index in [2.05, 4.69) is 15.6 Å². The summed E-state index contributed by atoms with van der Waals surface area (Å²) in [7, 11) is 0. The predicted octanol–water partition coefficient (Wildman–Crippen LogP) is 0.791. The molecule has 1 aliphatic rings. The molecular weight excluding hydrogens is 338 g/mol. The number of hydrogen-bond acceptors (Lipinski definition) is 4. The van der Waals surface area contributed by atoms with Crippen molar-refractivity contribution in [1.29, 1.82) is 0 Å². The normalized spacial score (nSPS) is 14.3. The fourth-order valence-corrected chi connectivity index (χ4v) is 3.00. The molecule has 1 aromatic carbocycles. The van der Waals surface area contributed by atoms with Crippen LogP contribution in [-0.4, -0.2) is 51.7 Å². The third kappa shape index (κ3) is 3.32. The monoisotopic (exact) mass is 359 g/mol. The predicted molar refractivity (Wildman–Crippen MR) is 94.9 cm³/mol. The highest BCUT2D eigenvalue weighted by molar-refractivity contribution is 5.97. The molecule has 0 spiro atoms. The van der Waals surface area contributed by atoms with Gasteiger partial charge in [0.25, 0.3) is 0 Å². The van der Waals surface area contributed by atoms with E-state index in [4.69, 9.17) is 5.11 Å². The van der Waals surface area contributed by atoms with Crippen LogP contribution < -0.4 is 15.5 Å². The largest absolute Gasteiger partial charge is 0.480 e. The molecular formula is C17H21N5O4. The van der Waals surface area contributed by atoms with Crippen LogP contribution in [0.5, 0.6) is 0 Å². The molecule has 0 unspecified atom stereocenters. The number of aromatic nitrogens is 2. The van der Waals surface area contributed by atoms with Crippen LogP contribution in [0.3, 0.4) is 0 Å². The number of carbonyl (C=O) groups excluding carboxylic acids is 2. The minimum atomic E-state index is -1.14. The van der Waals surface area contributed by atoms with Gasteiger partial charge in [0.2, 0.25) is 11.9 Å². The lowest BCUT2D eigenvalue weighted by molar-refractivity contribution is -0.138. The first-order valence-corrected chi connectivity index (χ1v) is 8.41. The molecule has 138 valence electrons. The maximum absolute atomic E-state index is 12.7. The summed E-state index contributed by atoms with van der Waals surface area (Å²) in [5, 5.41) is 13.7. The Balaban J connectivity index is 1.75. The lowest BCUT2D eigenvalue weighted by Gasteiger charge is -2.24. The Morgan fingerprint density at radius 3 is 2.65 bits per heavy atom. The molecule has 0 saturated heterocycles. The molecule has 3 rings (SSSR count). The van der Waals surface area contributed by atoms with E-state index in [0.29, 0.717) is 19.0 Å². The van der Waals surface area contributed by atoms with Crippen LogP contribution >= 0.6 is 0 Å². The van der Waals surface area contributed by atoms with Gasteiger partial charge >= 0.3 is 12.0 Å². The van der Waals surface area contributed by atoms with Crippen molar-refractivity contribution in [2.75, 3.05) is 18.0 Å². The van der Waals surface area contributed by atoms with Crippen molar-refractivity contribution in [3.63, 3.8) is 0 Å². The summed E-state index contributed by atoms with van der Waals surface area (Å²) in [6.07, 6.45) is 0. The molecule has 9 nitrogen and oxygen atoms in total. The number of rotatable bonds is 5. The maximum Gasteiger partial charge on any atom is 0.324 e. The lowest BCUT2D eigenvalue weighted by Crippen LogP contribution is -2.54. The molecule has 1 atom stereocenters. The van der Waals surface area contributed by atoms with Gasteiger partial charge in [0, 0.05) is 13.1 Å². The molecule has 2 aromatic rings. The third-order valence-electron chi connectivity index (χ3n) is 4.31. The highest BCUT2D eigenvalue weighted by atomic mass is 16.4. The number of hydrogen-bond donors (Lipinski definition) is 3. The van der Waals surface area contributed by atoms with Gasteiger partial charge < -0.3 is 20.3 Å². The molecule has 9 heteroatoms. The topological polar surface area (TPSA) is 117 Å². The van der Waals surface area contributed by atoms with Crippen LogP contribution in [0.2, 0.25) is 0 Å². The van der Waals surface area contributed by atoms with Crippen LogP contribution in [0.15, 0.2) is 24.3 Å². The van der Waals surface area contributed by atoms with Crippen molar-refractivity contribution in [3.8, 4) is 0 Å². The first-order chi connectivity index (χ1) is 12.4. The summed E-state index contributed by atoms with van der Waals surface area (Å²) < 4.78 is 1.96. The second kappa shape index (κ2) is 7.03. The van der Waals surface area contributed by atoms with Gasteiger partial charge in [0.05, 0.1) is 11.0 Å². The van der Waals surface area contributed by atoms with E-state index in [-0.39, 0.29) is 5.92 Å².